The largest absolute Gasteiger partial charge is 0.295 e. The maximum atomic E-state index is 13.8. The Morgan fingerprint density at radius 3 is 2.62 bits per heavy atom. The van der Waals surface area contributed by atoms with Crippen LogP contribution in [0.1, 0.15) is 11.4 Å². The number of hydrogen-bond acceptors (Lipinski definition) is 1. The average molecular weight is 372 g/mol. The van der Waals surface area contributed by atoms with E-state index in [0.717, 1.165) is 5.56 Å². The van der Waals surface area contributed by atoms with Crippen LogP contribution in [0.4, 0.5) is 8.78 Å². The van der Waals surface area contributed by atoms with Gasteiger partial charge in [0.25, 0.3) is 0 Å². The summed E-state index contributed by atoms with van der Waals surface area (Å²) in [6, 6.07) is 7.57. The van der Waals surface area contributed by atoms with E-state index in [9.17, 15) is 8.78 Å². The smallest absolute Gasteiger partial charge is 0.139 e. The van der Waals surface area contributed by atoms with Gasteiger partial charge in [0.05, 0.1) is 27.1 Å². The normalized spacial score (nSPS) is 11.3. The van der Waals surface area contributed by atoms with E-state index in [0.29, 0.717) is 27.0 Å². The molecule has 0 amide bonds. The maximum absolute atomic E-state index is 13.8. The molecule has 0 fully saturated rings. The van der Waals surface area contributed by atoms with Crippen molar-refractivity contribution in [3.8, 4) is 5.69 Å². The predicted octanol–water partition coefficient (Wildman–Crippen LogP) is 5.11. The molecule has 21 heavy (non-hydrogen) atoms. The molecule has 0 bridgehead atoms. The highest BCUT2D eigenvalue weighted by molar-refractivity contribution is 9.10. The Hall–Kier alpha value is -1.46. The summed E-state index contributed by atoms with van der Waals surface area (Å²) >= 11 is 9.06. The lowest BCUT2D eigenvalue weighted by Gasteiger charge is -2.09. The molecule has 3 aromatic rings. The Morgan fingerprint density at radius 2 is 1.95 bits per heavy atom. The third-order valence-electron chi connectivity index (χ3n) is 3.17. The van der Waals surface area contributed by atoms with E-state index in [1.165, 1.54) is 18.2 Å². The lowest BCUT2D eigenvalue weighted by atomic mass is 10.2. The first kappa shape index (κ1) is 14.5. The first-order valence-corrected chi connectivity index (χ1v) is 7.52. The fraction of sp³-hybridized carbons (Fsp3) is 0.133. The summed E-state index contributed by atoms with van der Waals surface area (Å²) < 4.78 is 29.5. The molecule has 0 saturated carbocycles. The number of hydrogen-bond donors (Lipinski definition) is 0. The van der Waals surface area contributed by atoms with Crippen molar-refractivity contribution in [3.05, 3.63) is 57.8 Å². The van der Waals surface area contributed by atoms with E-state index in [1.54, 1.807) is 23.6 Å². The molecule has 1 aromatic heterocycles. The molecule has 0 aliphatic rings. The van der Waals surface area contributed by atoms with Gasteiger partial charge in [0.1, 0.15) is 17.5 Å². The van der Waals surface area contributed by atoms with Gasteiger partial charge in [-0.2, -0.15) is 0 Å². The van der Waals surface area contributed by atoms with Gasteiger partial charge in [-0.15, -0.1) is 11.6 Å². The van der Waals surface area contributed by atoms with Gasteiger partial charge in [0.2, 0.25) is 0 Å². The highest BCUT2D eigenvalue weighted by Crippen LogP contribution is 2.28. The van der Waals surface area contributed by atoms with E-state index >= 15 is 0 Å². The molecule has 2 aromatic carbocycles. The molecule has 2 nitrogen and oxygen atoms in total. The third-order valence-corrected chi connectivity index (χ3v) is 4.02. The molecular formula is C15H10BrClF2N2. The van der Waals surface area contributed by atoms with E-state index in [-0.39, 0.29) is 11.7 Å². The Labute approximate surface area is 133 Å². The quantitative estimate of drug-likeness (QED) is 0.572. The summed E-state index contributed by atoms with van der Waals surface area (Å²) in [6.07, 6.45) is 0. The molecule has 108 valence electrons. The number of rotatable bonds is 2. The van der Waals surface area contributed by atoms with Crippen molar-refractivity contribution in [1.29, 1.82) is 0 Å². The van der Waals surface area contributed by atoms with Crippen LogP contribution in [0.3, 0.4) is 0 Å². The highest BCUT2D eigenvalue weighted by Gasteiger charge is 2.15. The Kier molecular flexibility index (Phi) is 3.71. The minimum atomic E-state index is -0.405. The summed E-state index contributed by atoms with van der Waals surface area (Å²) in [4.78, 5) is 4.38. The molecule has 0 N–H and O–H groups in total. The van der Waals surface area contributed by atoms with Crippen LogP contribution in [0.25, 0.3) is 16.7 Å². The standard InChI is InChI=1S/C15H10BrClF2N2/c1-8-2-9(18)4-10(3-8)21-14-6-12(19)11(16)5-13(14)20-15(21)7-17/h2-6H,7H2,1H3. The molecule has 1 heterocycles. The zero-order chi connectivity index (χ0) is 15.1. The Balaban J connectivity index is 2.36. The summed E-state index contributed by atoms with van der Waals surface area (Å²) in [7, 11) is 0. The number of aromatic nitrogens is 2. The van der Waals surface area contributed by atoms with Crippen molar-refractivity contribution in [2.24, 2.45) is 0 Å². The van der Waals surface area contributed by atoms with E-state index in [4.69, 9.17) is 11.6 Å². The zero-order valence-electron chi connectivity index (χ0n) is 11.0. The van der Waals surface area contributed by atoms with Crippen molar-refractivity contribution < 1.29 is 8.78 Å². The number of aryl methyl sites for hydroxylation is 1. The van der Waals surface area contributed by atoms with Gasteiger partial charge in [-0.05, 0) is 52.7 Å². The van der Waals surface area contributed by atoms with Gasteiger partial charge in [-0.25, -0.2) is 13.8 Å². The van der Waals surface area contributed by atoms with Crippen LogP contribution in [-0.4, -0.2) is 9.55 Å². The van der Waals surface area contributed by atoms with E-state index < -0.39 is 5.82 Å². The second-order valence-electron chi connectivity index (χ2n) is 4.74. The number of halogens is 4. The van der Waals surface area contributed by atoms with Crippen LogP contribution in [0.5, 0.6) is 0 Å². The monoisotopic (exact) mass is 370 g/mol. The van der Waals surface area contributed by atoms with Gasteiger partial charge in [-0.3, -0.25) is 4.57 Å². The SMILES string of the molecule is Cc1cc(F)cc(-n2c(CCl)nc3cc(Br)c(F)cc32)c1. The lowest BCUT2D eigenvalue weighted by molar-refractivity contribution is 0.622. The molecule has 0 aliphatic heterocycles. The summed E-state index contributed by atoms with van der Waals surface area (Å²) in [5.74, 6) is -0.0826. The maximum Gasteiger partial charge on any atom is 0.139 e. The minimum absolute atomic E-state index is 0.142. The minimum Gasteiger partial charge on any atom is -0.295 e. The van der Waals surface area contributed by atoms with Crippen LogP contribution in [0.15, 0.2) is 34.8 Å². The van der Waals surface area contributed by atoms with Crippen molar-refractivity contribution in [3.63, 3.8) is 0 Å². The van der Waals surface area contributed by atoms with Gasteiger partial charge < -0.3 is 0 Å². The number of benzene rings is 2. The van der Waals surface area contributed by atoms with Gasteiger partial charge in [0.15, 0.2) is 0 Å². The van der Waals surface area contributed by atoms with Crippen molar-refractivity contribution in [1.82, 2.24) is 9.55 Å². The number of imidazole rings is 1. The topological polar surface area (TPSA) is 17.8 Å². The summed E-state index contributed by atoms with van der Waals surface area (Å²) in [6.45, 7) is 1.79. The number of fused-ring (bicyclic) bond motifs is 1. The first-order chi connectivity index (χ1) is 9.99. The van der Waals surface area contributed by atoms with Crippen molar-refractivity contribution in [2.75, 3.05) is 0 Å². The summed E-state index contributed by atoms with van der Waals surface area (Å²) in [5.41, 5.74) is 2.49. The predicted molar refractivity (Wildman–Crippen MR) is 83.0 cm³/mol. The molecule has 0 aliphatic carbocycles. The molecule has 0 atom stereocenters. The van der Waals surface area contributed by atoms with Crippen LogP contribution < -0.4 is 0 Å². The average Bonchev–Trinajstić information content (AvgIpc) is 2.75. The molecule has 6 heteroatoms. The molecular weight excluding hydrogens is 362 g/mol. The second kappa shape index (κ2) is 5.39. The van der Waals surface area contributed by atoms with Crippen LogP contribution in [0, 0.1) is 18.6 Å². The highest BCUT2D eigenvalue weighted by atomic mass is 79.9. The fourth-order valence-corrected chi connectivity index (χ4v) is 2.86. The van der Waals surface area contributed by atoms with Crippen molar-refractivity contribution >= 4 is 38.6 Å². The molecule has 0 unspecified atom stereocenters. The van der Waals surface area contributed by atoms with Crippen LogP contribution in [-0.2, 0) is 5.88 Å². The van der Waals surface area contributed by atoms with Gasteiger partial charge in [-0.1, -0.05) is 0 Å². The number of alkyl halides is 1. The molecule has 0 radical (unpaired) electrons. The second-order valence-corrected chi connectivity index (χ2v) is 5.86. The molecule has 3 rings (SSSR count). The number of nitrogens with zero attached hydrogens (tertiary/aromatic N) is 2. The van der Waals surface area contributed by atoms with Crippen LogP contribution in [0.2, 0.25) is 0 Å². The Bertz CT molecular complexity index is 825. The van der Waals surface area contributed by atoms with Crippen LogP contribution >= 0.6 is 27.5 Å². The fourth-order valence-electron chi connectivity index (χ4n) is 2.35. The lowest BCUT2D eigenvalue weighted by Crippen LogP contribution is -2.00. The molecule has 0 saturated heterocycles. The van der Waals surface area contributed by atoms with Crippen molar-refractivity contribution in [2.45, 2.75) is 12.8 Å². The third kappa shape index (κ3) is 2.56. The van der Waals surface area contributed by atoms with Gasteiger partial charge in [0, 0.05) is 6.07 Å². The Morgan fingerprint density at radius 1 is 1.19 bits per heavy atom. The van der Waals surface area contributed by atoms with E-state index in [2.05, 4.69) is 20.9 Å². The zero-order valence-corrected chi connectivity index (χ0v) is 13.3. The first-order valence-electron chi connectivity index (χ1n) is 6.19. The van der Waals surface area contributed by atoms with E-state index in [1.807, 2.05) is 0 Å². The van der Waals surface area contributed by atoms with Gasteiger partial charge >= 0.3 is 0 Å². The molecule has 0 spiro atoms. The summed E-state index contributed by atoms with van der Waals surface area (Å²) in [5, 5.41) is 0.